The minimum atomic E-state index is -2.90. The topological polar surface area (TPSA) is 46.2 Å². The third-order valence-corrected chi connectivity index (χ3v) is 6.41. The Labute approximate surface area is 92.6 Å². The van der Waals surface area contributed by atoms with Crippen LogP contribution in [0.25, 0.3) is 0 Å². The molecule has 1 N–H and O–H groups in total. The first-order valence-corrected chi connectivity index (χ1v) is 7.35. The normalized spacial score (nSPS) is 41.1. The van der Waals surface area contributed by atoms with Crippen LogP contribution in [-0.4, -0.2) is 31.0 Å². The van der Waals surface area contributed by atoms with Crippen LogP contribution in [0, 0.1) is 5.41 Å². The molecule has 2 unspecified atom stereocenters. The Kier molecular flexibility index (Phi) is 2.26. The van der Waals surface area contributed by atoms with E-state index < -0.39 is 9.84 Å². The molecule has 0 spiro atoms. The van der Waals surface area contributed by atoms with Crippen LogP contribution in [0.3, 0.4) is 0 Å². The Hall–Kier alpha value is -0.0900. The van der Waals surface area contributed by atoms with Gasteiger partial charge in [-0.05, 0) is 32.1 Å². The first kappa shape index (κ1) is 11.4. The minimum Gasteiger partial charge on any atom is -0.306 e. The van der Waals surface area contributed by atoms with Crippen LogP contribution in [0.15, 0.2) is 0 Å². The number of hydrogen-bond donors (Lipinski definition) is 1. The summed E-state index contributed by atoms with van der Waals surface area (Å²) in [5.74, 6) is 0.275. The Morgan fingerprint density at radius 1 is 1.20 bits per heavy atom. The molecule has 88 valence electrons. The fraction of sp³-hybridized carbons (Fsp3) is 1.00. The van der Waals surface area contributed by atoms with E-state index >= 15 is 0 Å². The summed E-state index contributed by atoms with van der Waals surface area (Å²) in [6, 6.07) is 0.131. The van der Waals surface area contributed by atoms with Gasteiger partial charge in [-0.15, -0.1) is 0 Å². The molecule has 2 atom stereocenters. The second kappa shape index (κ2) is 2.98. The van der Waals surface area contributed by atoms with Crippen molar-refractivity contribution in [2.75, 3.05) is 5.75 Å². The molecule has 1 saturated heterocycles. The molecule has 0 aromatic carbocycles. The van der Waals surface area contributed by atoms with Crippen molar-refractivity contribution in [1.82, 2.24) is 5.32 Å². The highest BCUT2D eigenvalue weighted by Gasteiger charge is 2.53. The number of fused-ring (bicyclic) bond motifs is 1. The molecule has 1 heterocycles. The fourth-order valence-corrected chi connectivity index (χ4v) is 5.72. The van der Waals surface area contributed by atoms with Gasteiger partial charge in [0.25, 0.3) is 0 Å². The maximum absolute atomic E-state index is 12.1. The molecule has 0 aromatic rings. The minimum absolute atomic E-state index is 0.107. The van der Waals surface area contributed by atoms with Crippen LogP contribution < -0.4 is 5.32 Å². The Morgan fingerprint density at radius 3 is 2.40 bits per heavy atom. The highest BCUT2D eigenvalue weighted by atomic mass is 32.2. The molecule has 0 amide bonds. The van der Waals surface area contributed by atoms with Gasteiger partial charge in [0.1, 0.15) is 0 Å². The SMILES string of the molecule is CC1(C)CS(=O)(=O)C2CCC(C)(C)C2N1. The van der Waals surface area contributed by atoms with E-state index in [0.717, 1.165) is 12.8 Å². The molecular weight excluding hydrogens is 210 g/mol. The lowest BCUT2D eigenvalue weighted by atomic mass is 9.85. The fourth-order valence-electron chi connectivity index (χ4n) is 3.09. The quantitative estimate of drug-likeness (QED) is 0.684. The van der Waals surface area contributed by atoms with Crippen molar-refractivity contribution in [2.24, 2.45) is 5.41 Å². The zero-order valence-corrected chi connectivity index (χ0v) is 10.8. The highest BCUT2D eigenvalue weighted by molar-refractivity contribution is 7.92. The van der Waals surface area contributed by atoms with Crippen LogP contribution in [-0.2, 0) is 9.84 Å². The maximum atomic E-state index is 12.1. The third kappa shape index (κ3) is 1.82. The van der Waals surface area contributed by atoms with Crippen molar-refractivity contribution in [3.05, 3.63) is 0 Å². The summed E-state index contributed by atoms with van der Waals surface area (Å²) in [5.41, 5.74) is -0.170. The lowest BCUT2D eigenvalue weighted by molar-refractivity contribution is 0.226. The van der Waals surface area contributed by atoms with E-state index in [2.05, 4.69) is 19.2 Å². The molecule has 0 aromatic heterocycles. The van der Waals surface area contributed by atoms with Gasteiger partial charge >= 0.3 is 0 Å². The van der Waals surface area contributed by atoms with E-state index in [0.29, 0.717) is 0 Å². The van der Waals surface area contributed by atoms with Crippen molar-refractivity contribution < 1.29 is 8.42 Å². The molecule has 1 aliphatic carbocycles. The van der Waals surface area contributed by atoms with Gasteiger partial charge in [0.2, 0.25) is 0 Å². The number of hydrogen-bond acceptors (Lipinski definition) is 3. The third-order valence-electron chi connectivity index (χ3n) is 3.86. The highest BCUT2D eigenvalue weighted by Crippen LogP contribution is 2.44. The summed E-state index contributed by atoms with van der Waals surface area (Å²) >= 11 is 0. The second-order valence-electron chi connectivity index (χ2n) is 6.38. The Balaban J connectivity index is 2.39. The molecule has 1 saturated carbocycles. The van der Waals surface area contributed by atoms with Crippen LogP contribution in [0.1, 0.15) is 40.5 Å². The Morgan fingerprint density at radius 2 is 1.80 bits per heavy atom. The van der Waals surface area contributed by atoms with Crippen molar-refractivity contribution in [2.45, 2.75) is 57.4 Å². The van der Waals surface area contributed by atoms with Crippen molar-refractivity contribution in [3.8, 4) is 0 Å². The number of sulfone groups is 1. The summed E-state index contributed by atoms with van der Waals surface area (Å²) in [6.45, 7) is 8.30. The number of rotatable bonds is 0. The van der Waals surface area contributed by atoms with E-state index in [4.69, 9.17) is 0 Å². The molecule has 2 rings (SSSR count). The predicted octanol–water partition coefficient (Wildman–Crippen LogP) is 1.34. The van der Waals surface area contributed by atoms with E-state index in [1.165, 1.54) is 0 Å². The lowest BCUT2D eigenvalue weighted by Crippen LogP contribution is -2.63. The van der Waals surface area contributed by atoms with E-state index in [9.17, 15) is 8.42 Å². The first-order valence-electron chi connectivity index (χ1n) is 5.63. The largest absolute Gasteiger partial charge is 0.306 e. The molecule has 0 bridgehead atoms. The van der Waals surface area contributed by atoms with E-state index in [1.807, 2.05) is 13.8 Å². The van der Waals surface area contributed by atoms with Gasteiger partial charge in [0.05, 0.1) is 11.0 Å². The zero-order chi connectivity index (χ0) is 11.5. The van der Waals surface area contributed by atoms with Crippen LogP contribution in [0.4, 0.5) is 0 Å². The summed E-state index contributed by atoms with van der Waals surface area (Å²) in [6.07, 6.45) is 1.83. The van der Waals surface area contributed by atoms with Gasteiger partial charge < -0.3 is 5.32 Å². The van der Waals surface area contributed by atoms with Crippen LogP contribution in [0.2, 0.25) is 0 Å². The molecule has 1 aliphatic heterocycles. The molecule has 2 fully saturated rings. The zero-order valence-electron chi connectivity index (χ0n) is 10.0. The standard InChI is InChI=1S/C11H21NO2S/c1-10(2)6-5-8-9(10)12-11(3,4)7-15(8,13)14/h8-9,12H,5-7H2,1-4H3. The molecule has 0 radical (unpaired) electrons. The van der Waals surface area contributed by atoms with Gasteiger partial charge in [0.15, 0.2) is 9.84 Å². The number of nitrogens with one attached hydrogen (secondary N) is 1. The molecule has 2 aliphatic rings. The van der Waals surface area contributed by atoms with Crippen LogP contribution >= 0.6 is 0 Å². The van der Waals surface area contributed by atoms with E-state index in [1.54, 1.807) is 0 Å². The van der Waals surface area contributed by atoms with Gasteiger partial charge in [-0.3, -0.25) is 0 Å². The maximum Gasteiger partial charge on any atom is 0.156 e. The van der Waals surface area contributed by atoms with Gasteiger partial charge in [0, 0.05) is 11.6 Å². The second-order valence-corrected chi connectivity index (χ2v) is 8.60. The van der Waals surface area contributed by atoms with Crippen molar-refractivity contribution in [1.29, 1.82) is 0 Å². The smallest absolute Gasteiger partial charge is 0.156 e. The predicted molar refractivity (Wildman–Crippen MR) is 61.6 cm³/mol. The summed E-state index contributed by atoms with van der Waals surface area (Å²) in [7, 11) is -2.90. The molecule has 4 heteroatoms. The average molecular weight is 231 g/mol. The lowest BCUT2D eigenvalue weighted by Gasteiger charge is -2.43. The summed E-state index contributed by atoms with van der Waals surface area (Å²) in [5, 5.41) is 3.37. The van der Waals surface area contributed by atoms with Gasteiger partial charge in [-0.25, -0.2) is 8.42 Å². The summed E-state index contributed by atoms with van der Waals surface area (Å²) < 4.78 is 24.3. The van der Waals surface area contributed by atoms with Gasteiger partial charge in [-0.1, -0.05) is 13.8 Å². The molecular formula is C11H21NO2S. The molecule has 3 nitrogen and oxygen atoms in total. The average Bonchev–Trinajstić information content (AvgIpc) is 2.23. The summed E-state index contributed by atoms with van der Waals surface area (Å²) in [4.78, 5) is 0. The van der Waals surface area contributed by atoms with Crippen LogP contribution in [0.5, 0.6) is 0 Å². The van der Waals surface area contributed by atoms with Crippen molar-refractivity contribution in [3.63, 3.8) is 0 Å². The van der Waals surface area contributed by atoms with Gasteiger partial charge in [-0.2, -0.15) is 0 Å². The Bertz CT molecular complexity index is 370. The van der Waals surface area contributed by atoms with Crippen molar-refractivity contribution >= 4 is 9.84 Å². The monoisotopic (exact) mass is 231 g/mol. The molecule has 15 heavy (non-hydrogen) atoms. The first-order chi connectivity index (χ1) is 6.64. The van der Waals surface area contributed by atoms with E-state index in [-0.39, 0.29) is 28.0 Å².